The molecule has 3 heteroatoms. The number of nitrogens with zero attached hydrogens (tertiary/aromatic N) is 1. The molecular formula is C14H29NO2. The molecule has 17 heavy (non-hydrogen) atoms. The van der Waals surface area contributed by atoms with Gasteiger partial charge in [-0.3, -0.25) is 4.79 Å². The Labute approximate surface area is 106 Å². The first-order chi connectivity index (χ1) is 8.24. The van der Waals surface area contributed by atoms with Gasteiger partial charge < -0.3 is 4.84 Å². The summed E-state index contributed by atoms with van der Waals surface area (Å²) in [5.74, 6) is -0.0642. The summed E-state index contributed by atoms with van der Waals surface area (Å²) in [4.78, 5) is 17.0. The van der Waals surface area contributed by atoms with Crippen LogP contribution in [0.5, 0.6) is 0 Å². The lowest BCUT2D eigenvalue weighted by Gasteiger charge is -2.20. The van der Waals surface area contributed by atoms with Crippen LogP contribution in [-0.4, -0.2) is 24.1 Å². The highest BCUT2D eigenvalue weighted by atomic mass is 16.7. The van der Waals surface area contributed by atoms with Gasteiger partial charge in [0.25, 0.3) is 0 Å². The summed E-state index contributed by atoms with van der Waals surface area (Å²) < 4.78 is 0. The first-order valence-corrected chi connectivity index (χ1v) is 7.20. The smallest absolute Gasteiger partial charge is 0.325 e. The molecule has 0 saturated heterocycles. The van der Waals surface area contributed by atoms with Crippen LogP contribution in [-0.2, 0) is 9.63 Å². The highest BCUT2D eigenvalue weighted by Crippen LogP contribution is 2.05. The van der Waals surface area contributed by atoms with E-state index in [-0.39, 0.29) is 5.97 Å². The quantitative estimate of drug-likeness (QED) is 0.407. The van der Waals surface area contributed by atoms with Gasteiger partial charge in [0.2, 0.25) is 0 Å². The second-order valence-electron chi connectivity index (χ2n) is 4.56. The van der Waals surface area contributed by atoms with Crippen molar-refractivity contribution < 1.29 is 9.63 Å². The number of rotatable bonds is 11. The van der Waals surface area contributed by atoms with Crippen LogP contribution >= 0.6 is 0 Å². The van der Waals surface area contributed by atoms with E-state index in [4.69, 9.17) is 4.84 Å². The van der Waals surface area contributed by atoms with Crippen molar-refractivity contribution in [2.24, 2.45) is 0 Å². The van der Waals surface area contributed by atoms with Crippen molar-refractivity contribution in [3.05, 3.63) is 0 Å². The molecule has 0 radical (unpaired) electrons. The molecule has 0 aliphatic carbocycles. The first kappa shape index (κ1) is 16.4. The standard InChI is InChI=1S/C14H29NO2/c1-4-7-10-11-14(16)17-15(12-8-5-2)13-9-6-3/h4-13H2,1-3H3. The topological polar surface area (TPSA) is 29.5 Å². The number of hydrogen-bond donors (Lipinski definition) is 0. The Morgan fingerprint density at radius 2 is 1.41 bits per heavy atom. The van der Waals surface area contributed by atoms with E-state index in [0.29, 0.717) is 6.42 Å². The monoisotopic (exact) mass is 243 g/mol. The molecule has 0 fully saturated rings. The van der Waals surface area contributed by atoms with Crippen LogP contribution in [0.4, 0.5) is 0 Å². The van der Waals surface area contributed by atoms with Crippen molar-refractivity contribution in [3.63, 3.8) is 0 Å². The summed E-state index contributed by atoms with van der Waals surface area (Å²) in [6.45, 7) is 8.19. The number of carbonyl (C=O) groups is 1. The summed E-state index contributed by atoms with van der Waals surface area (Å²) in [6, 6.07) is 0. The lowest BCUT2D eigenvalue weighted by Crippen LogP contribution is -2.29. The van der Waals surface area contributed by atoms with E-state index in [0.717, 1.165) is 58.0 Å². The van der Waals surface area contributed by atoms with Crippen LogP contribution in [0.3, 0.4) is 0 Å². The van der Waals surface area contributed by atoms with Gasteiger partial charge in [0.05, 0.1) is 0 Å². The highest BCUT2D eigenvalue weighted by molar-refractivity contribution is 5.68. The molecule has 0 saturated carbocycles. The van der Waals surface area contributed by atoms with Crippen LogP contribution in [0, 0.1) is 0 Å². The van der Waals surface area contributed by atoms with Gasteiger partial charge in [-0.15, -0.1) is 5.06 Å². The Kier molecular flexibility index (Phi) is 11.5. The molecule has 0 aromatic heterocycles. The van der Waals surface area contributed by atoms with Gasteiger partial charge in [-0.05, 0) is 19.3 Å². The van der Waals surface area contributed by atoms with Gasteiger partial charge >= 0.3 is 5.97 Å². The summed E-state index contributed by atoms with van der Waals surface area (Å²) in [7, 11) is 0. The maximum atomic E-state index is 11.6. The van der Waals surface area contributed by atoms with E-state index in [1.807, 2.05) is 5.06 Å². The second-order valence-corrected chi connectivity index (χ2v) is 4.56. The average Bonchev–Trinajstić information content (AvgIpc) is 2.33. The predicted molar refractivity (Wildman–Crippen MR) is 71.6 cm³/mol. The SMILES string of the molecule is CCCCCC(=O)ON(CCCC)CCCC. The molecule has 0 N–H and O–H groups in total. The molecule has 0 bridgehead atoms. The zero-order valence-electron chi connectivity index (χ0n) is 11.8. The molecule has 0 amide bonds. The van der Waals surface area contributed by atoms with Gasteiger partial charge in [-0.25, -0.2) is 0 Å². The van der Waals surface area contributed by atoms with Gasteiger partial charge in [0.1, 0.15) is 0 Å². The second kappa shape index (κ2) is 11.9. The Morgan fingerprint density at radius 3 is 1.88 bits per heavy atom. The molecule has 0 spiro atoms. The van der Waals surface area contributed by atoms with Gasteiger partial charge in [0.15, 0.2) is 0 Å². The minimum Gasteiger partial charge on any atom is -0.368 e. The molecule has 0 unspecified atom stereocenters. The highest BCUT2D eigenvalue weighted by Gasteiger charge is 2.10. The number of hydrogen-bond acceptors (Lipinski definition) is 3. The third-order valence-corrected chi connectivity index (χ3v) is 2.74. The zero-order chi connectivity index (χ0) is 12.9. The van der Waals surface area contributed by atoms with Crippen molar-refractivity contribution in [1.29, 1.82) is 0 Å². The summed E-state index contributed by atoms with van der Waals surface area (Å²) in [6.07, 6.45) is 8.21. The van der Waals surface area contributed by atoms with E-state index in [2.05, 4.69) is 20.8 Å². The molecule has 0 aromatic rings. The lowest BCUT2D eigenvalue weighted by molar-refractivity contribution is -0.191. The van der Waals surface area contributed by atoms with Gasteiger partial charge in [-0.2, -0.15) is 0 Å². The van der Waals surface area contributed by atoms with Crippen molar-refractivity contribution in [2.45, 2.75) is 72.1 Å². The molecule has 0 heterocycles. The third kappa shape index (κ3) is 10.3. The fourth-order valence-corrected chi connectivity index (χ4v) is 1.58. The van der Waals surface area contributed by atoms with Crippen molar-refractivity contribution in [1.82, 2.24) is 5.06 Å². The molecule has 0 atom stereocenters. The summed E-state index contributed by atoms with van der Waals surface area (Å²) >= 11 is 0. The van der Waals surface area contributed by atoms with Crippen molar-refractivity contribution in [3.8, 4) is 0 Å². The number of carbonyl (C=O) groups excluding carboxylic acids is 1. The molecule has 102 valence electrons. The molecule has 0 aromatic carbocycles. The van der Waals surface area contributed by atoms with Crippen LogP contribution in [0.1, 0.15) is 72.1 Å². The van der Waals surface area contributed by atoms with E-state index in [1.165, 1.54) is 0 Å². The Balaban J connectivity index is 3.81. The number of unbranched alkanes of at least 4 members (excludes halogenated alkanes) is 4. The molecule has 3 nitrogen and oxygen atoms in total. The maximum Gasteiger partial charge on any atom is 0.325 e. The maximum absolute atomic E-state index is 11.6. The van der Waals surface area contributed by atoms with E-state index in [9.17, 15) is 4.79 Å². The fraction of sp³-hybridized carbons (Fsp3) is 0.929. The molecule has 0 aliphatic heterocycles. The van der Waals surface area contributed by atoms with E-state index in [1.54, 1.807) is 0 Å². The van der Waals surface area contributed by atoms with E-state index < -0.39 is 0 Å². The van der Waals surface area contributed by atoms with Crippen molar-refractivity contribution in [2.75, 3.05) is 13.1 Å². The lowest BCUT2D eigenvalue weighted by atomic mass is 10.2. The Morgan fingerprint density at radius 1 is 0.882 bits per heavy atom. The molecule has 0 aliphatic rings. The molecule has 0 rings (SSSR count). The van der Waals surface area contributed by atoms with Gasteiger partial charge in [-0.1, -0.05) is 46.5 Å². The van der Waals surface area contributed by atoms with Gasteiger partial charge in [0, 0.05) is 19.5 Å². The average molecular weight is 243 g/mol. The minimum atomic E-state index is -0.0642. The van der Waals surface area contributed by atoms with Crippen LogP contribution in [0.2, 0.25) is 0 Å². The Bertz CT molecular complexity index is 175. The number of hydroxylamine groups is 2. The Hall–Kier alpha value is -0.570. The van der Waals surface area contributed by atoms with E-state index >= 15 is 0 Å². The normalized spacial score (nSPS) is 10.8. The van der Waals surface area contributed by atoms with Crippen LogP contribution in [0.15, 0.2) is 0 Å². The van der Waals surface area contributed by atoms with Crippen LogP contribution in [0.25, 0.3) is 0 Å². The fourth-order valence-electron chi connectivity index (χ4n) is 1.58. The first-order valence-electron chi connectivity index (χ1n) is 7.20. The summed E-state index contributed by atoms with van der Waals surface area (Å²) in [5, 5.41) is 1.85. The van der Waals surface area contributed by atoms with Crippen LogP contribution < -0.4 is 0 Å². The predicted octanol–water partition coefficient (Wildman–Crippen LogP) is 3.93. The molecular weight excluding hydrogens is 214 g/mol. The van der Waals surface area contributed by atoms with Crippen molar-refractivity contribution >= 4 is 5.97 Å². The zero-order valence-corrected chi connectivity index (χ0v) is 11.8. The third-order valence-electron chi connectivity index (χ3n) is 2.74. The largest absolute Gasteiger partial charge is 0.368 e. The summed E-state index contributed by atoms with van der Waals surface area (Å²) in [5.41, 5.74) is 0. The minimum absolute atomic E-state index is 0.0642.